The summed E-state index contributed by atoms with van der Waals surface area (Å²) in [6, 6.07) is 21.9. The van der Waals surface area contributed by atoms with Crippen molar-refractivity contribution in [3.63, 3.8) is 0 Å². The summed E-state index contributed by atoms with van der Waals surface area (Å²) in [5.41, 5.74) is 4.66. The maximum absolute atomic E-state index is 16.1. The summed E-state index contributed by atoms with van der Waals surface area (Å²) < 4.78 is 25.7. The lowest BCUT2D eigenvalue weighted by Gasteiger charge is -2.37. The molecule has 4 aromatic carbocycles. The molecular weight excluding hydrogens is 792 g/mol. The Bertz CT molecular complexity index is 2680. The minimum Gasteiger partial charge on any atom is -0.453 e. The van der Waals surface area contributed by atoms with Crippen LogP contribution in [0.3, 0.4) is 0 Å². The van der Waals surface area contributed by atoms with Gasteiger partial charge in [-0.15, -0.1) is 0 Å². The standard InChI is InChI=1S/C47H49FN8O6/c1-25(2)38(53-46(59)61-3)45(58)56-31-16-12-30(22-31)41(56)43-49-24-36(51-43)33-18-14-28(23-34(33)48)27-13-17-32-29(21-27)15-19-35-40(32)52-42(50-35)37-11-8-20-55(37)44(57)39(54-47(60)62-4)26-9-6-5-7-10-26/h5-7,9-10,13-15,17-19,21,23-25,30-31,37-39,41H,8,11-12,16,20,22H2,1-4H3,(H,49,51)(H,50,52)(H,53,59)(H,54,60)/t30-,31?,37-,38?,39+,41-/m0/s1. The molecular formula is C47H49FN8O6. The molecule has 3 fully saturated rings. The smallest absolute Gasteiger partial charge is 0.407 e. The number of hydrogen-bond donors (Lipinski definition) is 4. The largest absolute Gasteiger partial charge is 0.453 e. The number of benzene rings is 4. The summed E-state index contributed by atoms with van der Waals surface area (Å²) in [7, 11) is 2.55. The number of hydrogen-bond acceptors (Lipinski definition) is 8. The van der Waals surface area contributed by atoms with Gasteiger partial charge in [0.25, 0.3) is 5.91 Å². The van der Waals surface area contributed by atoms with Crippen LogP contribution in [0.2, 0.25) is 0 Å². The number of amides is 4. The molecule has 0 radical (unpaired) electrons. The normalized spacial score (nSPS) is 20.5. The van der Waals surface area contributed by atoms with Gasteiger partial charge in [0.1, 0.15) is 29.5 Å². The van der Waals surface area contributed by atoms with Crippen molar-refractivity contribution in [3.05, 3.63) is 108 Å². The van der Waals surface area contributed by atoms with Crippen LogP contribution in [0.15, 0.2) is 85.1 Å². The number of carbonyl (C=O) groups is 4. The van der Waals surface area contributed by atoms with Crippen LogP contribution in [0.25, 0.3) is 44.2 Å². The first-order valence-electron chi connectivity index (χ1n) is 21.2. The van der Waals surface area contributed by atoms with Crippen molar-refractivity contribution in [1.82, 2.24) is 40.4 Å². The van der Waals surface area contributed by atoms with E-state index in [9.17, 15) is 19.2 Å². The third-order valence-electron chi connectivity index (χ3n) is 12.9. The summed E-state index contributed by atoms with van der Waals surface area (Å²) in [6.45, 7) is 4.29. The zero-order valence-corrected chi connectivity index (χ0v) is 35.0. The number of fused-ring (bicyclic) bond motifs is 5. The Morgan fingerprint density at radius 3 is 2.35 bits per heavy atom. The van der Waals surface area contributed by atoms with Gasteiger partial charge in [0.2, 0.25) is 5.91 Å². The van der Waals surface area contributed by atoms with Gasteiger partial charge in [0, 0.05) is 23.5 Å². The molecule has 4 N–H and O–H groups in total. The highest BCUT2D eigenvalue weighted by Gasteiger charge is 2.51. The van der Waals surface area contributed by atoms with Crippen molar-refractivity contribution in [3.8, 4) is 22.4 Å². The summed E-state index contributed by atoms with van der Waals surface area (Å²) in [6.07, 6.45) is 4.47. The Labute approximate surface area is 357 Å². The molecule has 14 nitrogen and oxygen atoms in total. The SMILES string of the molecule is COC(=O)NC(C(=O)N1C2CC[C@@H](C2)[C@H]1c1ncc(-c2ccc(-c3ccc4c(ccc5[nH]c([C@@H]6CCCN6C(=O)[C@H](NC(=O)OC)c6ccccc6)nc54)c3)cc2F)[nH]1)C(C)C. The zero-order chi connectivity index (χ0) is 43.2. The number of methoxy groups -OCH3 is 2. The second-order valence-electron chi connectivity index (χ2n) is 16.8. The van der Waals surface area contributed by atoms with E-state index in [0.29, 0.717) is 47.0 Å². The highest BCUT2D eigenvalue weighted by atomic mass is 19.1. The van der Waals surface area contributed by atoms with Gasteiger partial charge in [0.15, 0.2) is 0 Å². The van der Waals surface area contributed by atoms with Gasteiger partial charge in [-0.2, -0.15) is 0 Å². The van der Waals surface area contributed by atoms with Crippen molar-refractivity contribution >= 4 is 45.8 Å². The van der Waals surface area contributed by atoms with Crippen molar-refractivity contribution in [2.75, 3.05) is 20.8 Å². The third-order valence-corrected chi connectivity index (χ3v) is 12.9. The number of alkyl carbamates (subject to hydrolysis) is 2. The van der Waals surface area contributed by atoms with Gasteiger partial charge in [-0.1, -0.05) is 68.4 Å². The summed E-state index contributed by atoms with van der Waals surface area (Å²) in [5.74, 6) is 0.494. The second-order valence-corrected chi connectivity index (χ2v) is 16.8. The lowest BCUT2D eigenvalue weighted by atomic mass is 9.95. The van der Waals surface area contributed by atoms with Crippen LogP contribution in [0.1, 0.15) is 81.3 Å². The first-order chi connectivity index (χ1) is 30.0. The average Bonchev–Trinajstić information content (AvgIpc) is 4.15. The molecule has 3 aliphatic rings. The fourth-order valence-electron chi connectivity index (χ4n) is 9.80. The van der Waals surface area contributed by atoms with Gasteiger partial charge in [0.05, 0.1) is 49.2 Å². The summed E-state index contributed by atoms with van der Waals surface area (Å²) in [5, 5.41) is 7.27. The van der Waals surface area contributed by atoms with E-state index in [1.165, 1.54) is 20.3 Å². The zero-order valence-electron chi connectivity index (χ0n) is 35.0. The molecule has 2 bridgehead atoms. The predicted molar refractivity (Wildman–Crippen MR) is 230 cm³/mol. The van der Waals surface area contributed by atoms with Crippen molar-refractivity contribution in [2.45, 2.75) is 76.2 Å². The molecule has 320 valence electrons. The number of halogens is 1. The Morgan fingerprint density at radius 2 is 1.60 bits per heavy atom. The monoisotopic (exact) mass is 840 g/mol. The molecule has 4 amide bonds. The van der Waals surface area contributed by atoms with Gasteiger partial charge in [-0.25, -0.2) is 23.9 Å². The molecule has 15 heteroatoms. The van der Waals surface area contributed by atoms with Crippen LogP contribution < -0.4 is 10.6 Å². The van der Waals surface area contributed by atoms with Gasteiger partial charge in [-0.05, 0) is 90.3 Å². The van der Waals surface area contributed by atoms with E-state index in [4.69, 9.17) is 14.5 Å². The average molecular weight is 841 g/mol. The highest BCUT2D eigenvalue weighted by molar-refractivity contribution is 6.05. The van der Waals surface area contributed by atoms with Gasteiger partial charge < -0.3 is 39.9 Å². The van der Waals surface area contributed by atoms with Crippen LogP contribution in [0, 0.1) is 17.7 Å². The van der Waals surface area contributed by atoms with Crippen molar-refractivity contribution < 1.29 is 33.0 Å². The summed E-state index contributed by atoms with van der Waals surface area (Å²) in [4.78, 5) is 72.6. The molecule has 2 aromatic heterocycles. The molecule has 2 saturated heterocycles. The topological polar surface area (TPSA) is 175 Å². The quantitative estimate of drug-likeness (QED) is 0.107. The van der Waals surface area contributed by atoms with Crippen LogP contribution >= 0.6 is 0 Å². The Morgan fingerprint density at radius 1 is 0.839 bits per heavy atom. The minimum absolute atomic E-state index is 0.0423. The fraction of sp³-hybridized carbons (Fsp3) is 0.362. The molecule has 2 unspecified atom stereocenters. The number of imidazole rings is 2. The fourth-order valence-corrected chi connectivity index (χ4v) is 9.80. The lowest BCUT2D eigenvalue weighted by Crippen LogP contribution is -2.54. The molecule has 6 atom stereocenters. The van der Waals surface area contributed by atoms with Crippen molar-refractivity contribution in [1.29, 1.82) is 0 Å². The lowest BCUT2D eigenvalue weighted by molar-refractivity contribution is -0.139. The number of aromatic amines is 2. The second kappa shape index (κ2) is 16.6. The van der Waals surface area contributed by atoms with Crippen LogP contribution in [0.5, 0.6) is 0 Å². The van der Waals surface area contributed by atoms with E-state index >= 15 is 4.39 Å². The molecule has 6 aromatic rings. The number of likely N-dealkylation sites (tertiary alicyclic amines) is 2. The third kappa shape index (κ3) is 7.38. The van der Waals surface area contributed by atoms with Gasteiger partial charge in [-0.3, -0.25) is 9.59 Å². The first-order valence-corrected chi connectivity index (χ1v) is 21.2. The molecule has 4 heterocycles. The molecule has 1 saturated carbocycles. The van der Waals surface area contributed by atoms with Crippen molar-refractivity contribution in [2.24, 2.45) is 11.8 Å². The number of piperidine rings is 1. The molecule has 62 heavy (non-hydrogen) atoms. The van der Waals surface area contributed by atoms with E-state index in [1.54, 1.807) is 29.3 Å². The molecule has 2 aliphatic heterocycles. The number of nitrogens with zero attached hydrogens (tertiary/aromatic N) is 4. The van der Waals surface area contributed by atoms with Crippen LogP contribution in [-0.4, -0.2) is 86.6 Å². The number of aromatic nitrogens is 4. The highest BCUT2D eigenvalue weighted by Crippen LogP contribution is 2.50. The maximum atomic E-state index is 16.1. The number of nitrogens with one attached hydrogen (secondary N) is 4. The minimum atomic E-state index is -0.916. The number of ether oxygens (including phenoxy) is 2. The van der Waals surface area contributed by atoms with E-state index in [0.717, 1.165) is 53.1 Å². The number of H-pyrrole nitrogens is 2. The van der Waals surface area contributed by atoms with E-state index in [-0.39, 0.29) is 41.8 Å². The van der Waals surface area contributed by atoms with Crippen LogP contribution in [-0.2, 0) is 19.1 Å². The summed E-state index contributed by atoms with van der Waals surface area (Å²) >= 11 is 0. The first kappa shape index (κ1) is 40.6. The Hall–Kier alpha value is -6.77. The van der Waals surface area contributed by atoms with Gasteiger partial charge >= 0.3 is 12.2 Å². The molecule has 0 spiro atoms. The molecule has 1 aliphatic carbocycles. The molecule has 9 rings (SSSR count). The predicted octanol–water partition coefficient (Wildman–Crippen LogP) is 8.11. The van der Waals surface area contributed by atoms with E-state index < -0.39 is 30.1 Å². The number of carbonyl (C=O) groups excluding carboxylic acids is 4. The van der Waals surface area contributed by atoms with Crippen LogP contribution in [0.4, 0.5) is 14.0 Å². The number of rotatable bonds is 10. The Kier molecular flexibility index (Phi) is 10.9. The van der Waals surface area contributed by atoms with E-state index in [1.807, 2.05) is 73.3 Å². The maximum Gasteiger partial charge on any atom is 0.407 e. The van der Waals surface area contributed by atoms with E-state index in [2.05, 4.69) is 25.6 Å². The Balaban J connectivity index is 0.945.